The summed E-state index contributed by atoms with van der Waals surface area (Å²) in [4.78, 5) is 20.4. The lowest BCUT2D eigenvalue weighted by Crippen LogP contribution is -2.48. The number of halogens is 1. The summed E-state index contributed by atoms with van der Waals surface area (Å²) in [6.45, 7) is 0. The lowest BCUT2D eigenvalue weighted by molar-refractivity contribution is -0.128. The van der Waals surface area contributed by atoms with Crippen LogP contribution < -0.4 is 5.32 Å². The maximum Gasteiger partial charge on any atom is 0.223 e. The van der Waals surface area contributed by atoms with Crippen LogP contribution in [0.2, 0.25) is 0 Å². The third kappa shape index (κ3) is 1.68. The van der Waals surface area contributed by atoms with Crippen molar-refractivity contribution in [2.24, 2.45) is 0 Å². The molecule has 0 aromatic heterocycles. The van der Waals surface area contributed by atoms with E-state index in [0.29, 0.717) is 6.42 Å². The van der Waals surface area contributed by atoms with Gasteiger partial charge in [0.1, 0.15) is 0 Å². The van der Waals surface area contributed by atoms with Crippen molar-refractivity contribution in [3.8, 4) is 0 Å². The van der Waals surface area contributed by atoms with E-state index < -0.39 is 0 Å². The summed E-state index contributed by atoms with van der Waals surface area (Å²) in [5.74, 6) is -0.00193. The van der Waals surface area contributed by atoms with E-state index in [1.807, 2.05) is 0 Å². The van der Waals surface area contributed by atoms with Crippen molar-refractivity contribution in [3.05, 3.63) is 0 Å². The molecule has 0 spiro atoms. The van der Waals surface area contributed by atoms with E-state index in [4.69, 9.17) is 11.6 Å². The van der Waals surface area contributed by atoms with Crippen molar-refractivity contribution in [1.82, 2.24) is 5.32 Å². The van der Waals surface area contributed by atoms with Crippen LogP contribution >= 0.6 is 11.6 Å². The standard InChI is InChI=1S/C5H6ClNO2/c6-4(8)1-3-2-5(9)7-3/h3H,1-2H2,(H,7,9)/t3-/m0/s1. The Morgan fingerprint density at radius 2 is 2.44 bits per heavy atom. The molecule has 50 valence electrons. The lowest BCUT2D eigenvalue weighted by atomic mass is 10.0. The van der Waals surface area contributed by atoms with Crippen molar-refractivity contribution in [3.63, 3.8) is 0 Å². The zero-order valence-corrected chi connectivity index (χ0v) is 5.44. The lowest BCUT2D eigenvalue weighted by Gasteiger charge is -2.24. The van der Waals surface area contributed by atoms with Crippen LogP contribution in [0.5, 0.6) is 0 Å². The fraction of sp³-hybridized carbons (Fsp3) is 0.600. The zero-order chi connectivity index (χ0) is 6.85. The van der Waals surface area contributed by atoms with Crippen LogP contribution in [0, 0.1) is 0 Å². The maximum absolute atomic E-state index is 10.2. The number of carbonyl (C=O) groups is 2. The highest BCUT2D eigenvalue weighted by Crippen LogP contribution is 2.09. The average Bonchev–Trinajstić information content (AvgIpc) is 1.60. The van der Waals surface area contributed by atoms with Gasteiger partial charge in [-0.05, 0) is 11.6 Å². The van der Waals surface area contributed by atoms with E-state index in [9.17, 15) is 9.59 Å². The van der Waals surface area contributed by atoms with Crippen molar-refractivity contribution in [2.75, 3.05) is 0 Å². The molecule has 1 fully saturated rings. The first-order chi connectivity index (χ1) is 4.18. The molecule has 4 heteroatoms. The third-order valence-electron chi connectivity index (χ3n) is 1.20. The van der Waals surface area contributed by atoms with Crippen LogP contribution in [0.25, 0.3) is 0 Å². The van der Waals surface area contributed by atoms with Gasteiger partial charge in [0.25, 0.3) is 0 Å². The molecule has 3 nitrogen and oxygen atoms in total. The SMILES string of the molecule is O=C(Cl)C[C@H]1CC(=O)N1. The number of amides is 1. The van der Waals surface area contributed by atoms with Gasteiger partial charge in [0.2, 0.25) is 11.1 Å². The molecule has 0 radical (unpaired) electrons. The molecule has 1 saturated heterocycles. The van der Waals surface area contributed by atoms with E-state index in [1.165, 1.54) is 0 Å². The largest absolute Gasteiger partial charge is 0.352 e. The predicted molar refractivity (Wildman–Crippen MR) is 32.0 cm³/mol. The Bertz CT molecular complexity index is 149. The highest BCUT2D eigenvalue weighted by molar-refractivity contribution is 6.63. The van der Waals surface area contributed by atoms with Crippen molar-refractivity contribution in [2.45, 2.75) is 18.9 Å². The first-order valence-corrected chi connectivity index (χ1v) is 3.04. The number of hydrogen-bond donors (Lipinski definition) is 1. The van der Waals surface area contributed by atoms with Crippen LogP contribution in [-0.2, 0) is 9.59 Å². The number of carbonyl (C=O) groups excluding carboxylic acids is 2. The number of hydrogen-bond acceptors (Lipinski definition) is 2. The second kappa shape index (κ2) is 2.35. The van der Waals surface area contributed by atoms with Gasteiger partial charge in [0.15, 0.2) is 0 Å². The fourth-order valence-corrected chi connectivity index (χ4v) is 0.934. The molecular weight excluding hydrogens is 142 g/mol. The molecule has 1 atom stereocenters. The highest BCUT2D eigenvalue weighted by atomic mass is 35.5. The number of β-lactam (4-membered cyclic amide) rings is 1. The van der Waals surface area contributed by atoms with Crippen molar-refractivity contribution in [1.29, 1.82) is 0 Å². The Balaban J connectivity index is 2.18. The Labute approximate surface area is 57.4 Å². The first kappa shape index (κ1) is 6.55. The van der Waals surface area contributed by atoms with E-state index >= 15 is 0 Å². The van der Waals surface area contributed by atoms with Crippen LogP contribution in [0.15, 0.2) is 0 Å². The minimum atomic E-state index is -0.389. The molecule has 9 heavy (non-hydrogen) atoms. The van der Waals surface area contributed by atoms with Gasteiger partial charge in [0, 0.05) is 18.9 Å². The Hall–Kier alpha value is -0.570. The van der Waals surface area contributed by atoms with Crippen LogP contribution in [0.4, 0.5) is 0 Å². The number of nitrogens with one attached hydrogen (secondary N) is 1. The monoisotopic (exact) mass is 147 g/mol. The Kier molecular flexibility index (Phi) is 1.71. The summed E-state index contributed by atoms with van der Waals surface area (Å²) in [7, 11) is 0. The highest BCUT2D eigenvalue weighted by Gasteiger charge is 2.26. The fourth-order valence-electron chi connectivity index (χ4n) is 0.747. The molecule has 1 aliphatic heterocycles. The van der Waals surface area contributed by atoms with Gasteiger partial charge >= 0.3 is 0 Å². The normalized spacial score (nSPS) is 24.6. The van der Waals surface area contributed by atoms with Gasteiger partial charge in [-0.25, -0.2) is 0 Å². The molecule has 1 heterocycles. The van der Waals surface area contributed by atoms with Crippen LogP contribution in [0.1, 0.15) is 12.8 Å². The summed E-state index contributed by atoms with van der Waals surface area (Å²) in [5.41, 5.74) is 0. The Morgan fingerprint density at radius 1 is 1.89 bits per heavy atom. The van der Waals surface area contributed by atoms with Crippen molar-refractivity contribution < 1.29 is 9.59 Å². The zero-order valence-electron chi connectivity index (χ0n) is 4.69. The average molecular weight is 148 g/mol. The van der Waals surface area contributed by atoms with Gasteiger partial charge < -0.3 is 5.32 Å². The summed E-state index contributed by atoms with van der Waals surface area (Å²) in [6, 6.07) is 0.00231. The topological polar surface area (TPSA) is 46.2 Å². The molecule has 0 aromatic carbocycles. The second-order valence-electron chi connectivity index (χ2n) is 2.03. The van der Waals surface area contributed by atoms with Gasteiger partial charge in [-0.15, -0.1) is 0 Å². The van der Waals surface area contributed by atoms with Gasteiger partial charge in [-0.2, -0.15) is 0 Å². The molecule has 1 N–H and O–H groups in total. The van der Waals surface area contributed by atoms with E-state index in [1.54, 1.807) is 0 Å². The minimum Gasteiger partial charge on any atom is -0.352 e. The van der Waals surface area contributed by atoms with Gasteiger partial charge in [-0.1, -0.05) is 0 Å². The van der Waals surface area contributed by atoms with E-state index in [-0.39, 0.29) is 23.6 Å². The quantitative estimate of drug-likeness (QED) is 0.443. The second-order valence-corrected chi connectivity index (χ2v) is 2.45. The third-order valence-corrected chi connectivity index (χ3v) is 1.36. The molecule has 0 saturated carbocycles. The van der Waals surface area contributed by atoms with Crippen LogP contribution in [0.3, 0.4) is 0 Å². The molecule has 0 aromatic rings. The molecule has 0 bridgehead atoms. The molecule has 0 unspecified atom stereocenters. The van der Waals surface area contributed by atoms with Gasteiger partial charge in [-0.3, -0.25) is 9.59 Å². The summed E-state index contributed by atoms with van der Waals surface area (Å²) < 4.78 is 0. The van der Waals surface area contributed by atoms with Gasteiger partial charge in [0.05, 0.1) is 0 Å². The summed E-state index contributed by atoms with van der Waals surface area (Å²) >= 11 is 5.04. The Morgan fingerprint density at radius 3 is 2.78 bits per heavy atom. The smallest absolute Gasteiger partial charge is 0.223 e. The predicted octanol–water partition coefficient (Wildman–Crippen LogP) is 0.0304. The van der Waals surface area contributed by atoms with E-state index in [2.05, 4.69) is 5.32 Å². The maximum atomic E-state index is 10.2. The van der Waals surface area contributed by atoms with Crippen molar-refractivity contribution >= 4 is 22.8 Å². The minimum absolute atomic E-state index is 0.00193. The molecular formula is C5H6ClNO2. The van der Waals surface area contributed by atoms with E-state index in [0.717, 1.165) is 0 Å². The molecule has 1 amide bonds. The number of rotatable bonds is 2. The first-order valence-electron chi connectivity index (χ1n) is 2.66. The summed E-state index contributed by atoms with van der Waals surface area (Å²) in [6.07, 6.45) is 0.700. The molecule has 0 aliphatic carbocycles. The summed E-state index contributed by atoms with van der Waals surface area (Å²) in [5, 5.41) is 2.14. The molecule has 1 rings (SSSR count). The van der Waals surface area contributed by atoms with Crippen LogP contribution in [-0.4, -0.2) is 17.2 Å². The molecule has 1 aliphatic rings.